The Balaban J connectivity index is 1.05. The third kappa shape index (κ3) is 6.91. The SMILES string of the molecule is C(#Cc1ccc(OCC2CO2)cc1)c1ccc(OCOc2ccc(OCC3CO3)cc2)cc1. The number of hydrogen-bond donors (Lipinski definition) is 0. The van der Waals surface area contributed by atoms with Crippen molar-refractivity contribution in [2.75, 3.05) is 33.2 Å². The highest BCUT2D eigenvalue weighted by atomic mass is 16.7. The standard InChI is InChI=1S/C27H24O6/c1(20-3-7-22(8-4-20)28-15-26-17-30-26)2-21-5-9-24(10-6-21)32-19-33-25-13-11-23(12-14-25)29-16-27-18-31-27/h3-14,26-27H,15-19H2. The molecule has 168 valence electrons. The Morgan fingerprint density at radius 1 is 0.545 bits per heavy atom. The van der Waals surface area contributed by atoms with E-state index in [1.54, 1.807) is 0 Å². The monoisotopic (exact) mass is 444 g/mol. The Morgan fingerprint density at radius 2 is 0.879 bits per heavy atom. The highest BCUT2D eigenvalue weighted by molar-refractivity contribution is 5.45. The molecule has 6 nitrogen and oxygen atoms in total. The molecule has 2 fully saturated rings. The van der Waals surface area contributed by atoms with E-state index in [4.69, 9.17) is 28.4 Å². The molecule has 33 heavy (non-hydrogen) atoms. The van der Waals surface area contributed by atoms with Crippen LogP contribution < -0.4 is 18.9 Å². The molecule has 2 aliphatic rings. The van der Waals surface area contributed by atoms with E-state index >= 15 is 0 Å². The predicted octanol–water partition coefficient (Wildman–Crippen LogP) is 4.06. The number of epoxide rings is 2. The molecule has 6 heteroatoms. The maximum Gasteiger partial charge on any atom is 0.230 e. The van der Waals surface area contributed by atoms with Gasteiger partial charge >= 0.3 is 0 Å². The van der Waals surface area contributed by atoms with Crippen molar-refractivity contribution in [3.63, 3.8) is 0 Å². The first-order valence-electron chi connectivity index (χ1n) is 10.9. The molecular weight excluding hydrogens is 420 g/mol. The highest BCUT2D eigenvalue weighted by Crippen LogP contribution is 2.20. The van der Waals surface area contributed by atoms with Gasteiger partial charge in [-0.05, 0) is 72.8 Å². The lowest BCUT2D eigenvalue weighted by Crippen LogP contribution is -2.06. The van der Waals surface area contributed by atoms with Crippen LogP contribution in [0.15, 0.2) is 72.8 Å². The third-order valence-corrected chi connectivity index (χ3v) is 5.01. The van der Waals surface area contributed by atoms with Crippen LogP contribution in [-0.4, -0.2) is 45.4 Å². The van der Waals surface area contributed by atoms with E-state index in [0.717, 1.165) is 35.8 Å². The van der Waals surface area contributed by atoms with Gasteiger partial charge in [0.05, 0.1) is 13.2 Å². The molecule has 2 aliphatic heterocycles. The number of ether oxygens (including phenoxy) is 6. The Kier molecular flexibility index (Phi) is 6.62. The third-order valence-electron chi connectivity index (χ3n) is 5.01. The molecule has 0 saturated carbocycles. The van der Waals surface area contributed by atoms with Gasteiger partial charge in [-0.25, -0.2) is 0 Å². The Hall–Kier alpha value is -3.66. The summed E-state index contributed by atoms with van der Waals surface area (Å²) in [4.78, 5) is 0. The first-order chi connectivity index (χ1) is 16.3. The summed E-state index contributed by atoms with van der Waals surface area (Å²) in [5, 5.41) is 0. The van der Waals surface area contributed by atoms with Crippen molar-refractivity contribution in [1.82, 2.24) is 0 Å². The lowest BCUT2D eigenvalue weighted by molar-refractivity contribution is 0.119. The molecule has 0 aliphatic carbocycles. The van der Waals surface area contributed by atoms with Crippen LogP contribution in [0, 0.1) is 11.8 Å². The van der Waals surface area contributed by atoms with E-state index < -0.39 is 0 Å². The topological polar surface area (TPSA) is 62.0 Å². The summed E-state index contributed by atoms with van der Waals surface area (Å²) in [5.74, 6) is 9.37. The van der Waals surface area contributed by atoms with Crippen LogP contribution in [-0.2, 0) is 9.47 Å². The molecule has 0 spiro atoms. The Bertz CT molecular complexity index is 1090. The fourth-order valence-corrected chi connectivity index (χ4v) is 2.92. The Labute approximate surface area is 192 Å². The van der Waals surface area contributed by atoms with Crippen LogP contribution in [0.2, 0.25) is 0 Å². The van der Waals surface area contributed by atoms with Crippen LogP contribution in [0.1, 0.15) is 11.1 Å². The molecular formula is C27H24O6. The van der Waals surface area contributed by atoms with E-state index in [1.807, 2.05) is 72.8 Å². The quantitative estimate of drug-likeness (QED) is 0.267. The molecule has 0 aromatic heterocycles. The Morgan fingerprint density at radius 3 is 1.24 bits per heavy atom. The van der Waals surface area contributed by atoms with Gasteiger partial charge in [-0.2, -0.15) is 0 Å². The zero-order valence-electron chi connectivity index (χ0n) is 18.1. The van der Waals surface area contributed by atoms with Crippen LogP contribution in [0.4, 0.5) is 0 Å². The summed E-state index contributed by atoms with van der Waals surface area (Å²) in [6, 6.07) is 22.8. The molecule has 2 heterocycles. The van der Waals surface area contributed by atoms with Gasteiger partial charge in [0.1, 0.15) is 48.4 Å². The van der Waals surface area contributed by atoms with Gasteiger partial charge in [-0.3, -0.25) is 0 Å². The summed E-state index contributed by atoms with van der Waals surface area (Å²) < 4.78 is 32.8. The van der Waals surface area contributed by atoms with Crippen molar-refractivity contribution >= 4 is 0 Å². The van der Waals surface area contributed by atoms with Gasteiger partial charge in [-0.1, -0.05) is 11.8 Å². The van der Waals surface area contributed by atoms with E-state index in [9.17, 15) is 0 Å². The molecule has 2 unspecified atom stereocenters. The van der Waals surface area contributed by atoms with Crippen LogP contribution in [0.3, 0.4) is 0 Å². The average Bonchev–Trinajstić information content (AvgIpc) is 3.78. The fraction of sp³-hybridized carbons (Fsp3) is 0.259. The predicted molar refractivity (Wildman–Crippen MR) is 122 cm³/mol. The van der Waals surface area contributed by atoms with Crippen molar-refractivity contribution in [1.29, 1.82) is 0 Å². The number of hydrogen-bond acceptors (Lipinski definition) is 6. The van der Waals surface area contributed by atoms with Gasteiger partial charge in [0, 0.05) is 11.1 Å². The lowest BCUT2D eigenvalue weighted by atomic mass is 10.2. The molecule has 2 atom stereocenters. The van der Waals surface area contributed by atoms with Crippen molar-refractivity contribution in [3.8, 4) is 34.8 Å². The van der Waals surface area contributed by atoms with Crippen LogP contribution >= 0.6 is 0 Å². The highest BCUT2D eigenvalue weighted by Gasteiger charge is 2.23. The summed E-state index contributed by atoms with van der Waals surface area (Å²) in [6.45, 7) is 2.88. The molecule has 0 N–H and O–H groups in total. The van der Waals surface area contributed by atoms with Gasteiger partial charge in [0.15, 0.2) is 0 Å². The average molecular weight is 444 g/mol. The van der Waals surface area contributed by atoms with E-state index in [1.165, 1.54) is 0 Å². The second-order valence-corrected chi connectivity index (χ2v) is 7.71. The first kappa shape index (κ1) is 21.2. The second kappa shape index (κ2) is 10.3. The van der Waals surface area contributed by atoms with E-state index in [2.05, 4.69) is 11.8 Å². The fourth-order valence-electron chi connectivity index (χ4n) is 2.92. The largest absolute Gasteiger partial charge is 0.491 e. The minimum absolute atomic E-state index is 0.114. The van der Waals surface area contributed by atoms with Crippen molar-refractivity contribution in [3.05, 3.63) is 83.9 Å². The zero-order valence-corrected chi connectivity index (χ0v) is 18.1. The van der Waals surface area contributed by atoms with Crippen molar-refractivity contribution < 1.29 is 28.4 Å². The minimum Gasteiger partial charge on any atom is -0.491 e. The summed E-state index contributed by atoms with van der Waals surface area (Å²) in [5.41, 5.74) is 1.83. The molecule has 2 saturated heterocycles. The maximum atomic E-state index is 5.66. The molecule has 3 aromatic rings. The molecule has 5 rings (SSSR count). The summed E-state index contributed by atoms with van der Waals surface area (Å²) in [7, 11) is 0. The van der Waals surface area contributed by atoms with Gasteiger partial charge in [0.2, 0.25) is 6.79 Å². The van der Waals surface area contributed by atoms with Crippen molar-refractivity contribution in [2.45, 2.75) is 12.2 Å². The molecule has 3 aromatic carbocycles. The smallest absolute Gasteiger partial charge is 0.230 e. The van der Waals surface area contributed by atoms with Crippen LogP contribution in [0.5, 0.6) is 23.0 Å². The maximum absolute atomic E-state index is 5.66. The lowest BCUT2D eigenvalue weighted by Gasteiger charge is -2.09. The number of rotatable bonds is 10. The molecule has 0 radical (unpaired) electrons. The van der Waals surface area contributed by atoms with Gasteiger partial charge < -0.3 is 28.4 Å². The van der Waals surface area contributed by atoms with Gasteiger partial charge in [0.25, 0.3) is 0 Å². The summed E-state index contributed by atoms with van der Waals surface area (Å²) >= 11 is 0. The summed E-state index contributed by atoms with van der Waals surface area (Å²) in [6.07, 6.45) is 0.494. The van der Waals surface area contributed by atoms with Gasteiger partial charge in [-0.15, -0.1) is 0 Å². The molecule has 0 bridgehead atoms. The zero-order chi connectivity index (χ0) is 22.3. The van der Waals surface area contributed by atoms with Crippen molar-refractivity contribution in [2.24, 2.45) is 0 Å². The van der Waals surface area contributed by atoms with E-state index in [-0.39, 0.29) is 19.0 Å². The van der Waals surface area contributed by atoms with E-state index in [0.29, 0.717) is 24.7 Å². The first-order valence-corrected chi connectivity index (χ1v) is 10.9. The minimum atomic E-state index is 0.114. The normalized spacial score (nSPS) is 17.9. The van der Waals surface area contributed by atoms with Crippen LogP contribution in [0.25, 0.3) is 0 Å². The molecule has 0 amide bonds. The second-order valence-electron chi connectivity index (χ2n) is 7.71. The number of benzene rings is 3.